The van der Waals surface area contributed by atoms with E-state index in [-0.39, 0.29) is 0 Å². The molecule has 1 atom stereocenters. The third-order valence-electron chi connectivity index (χ3n) is 3.13. The molecule has 0 saturated carbocycles. The second-order valence-corrected chi connectivity index (χ2v) is 4.36. The summed E-state index contributed by atoms with van der Waals surface area (Å²) in [5.74, 6) is -0.860. The number of carboxylic acid groups (broad SMARTS) is 1. The first-order valence-electron chi connectivity index (χ1n) is 5.81. The number of carbonyl (C=O) groups is 1. The van der Waals surface area contributed by atoms with E-state index < -0.39 is 5.97 Å². The molecule has 1 aliphatic rings. The van der Waals surface area contributed by atoms with Gasteiger partial charge < -0.3 is 9.84 Å². The first-order valence-corrected chi connectivity index (χ1v) is 5.81. The van der Waals surface area contributed by atoms with E-state index in [2.05, 4.69) is 11.8 Å². The number of aromatic carboxylic acids is 1. The van der Waals surface area contributed by atoms with Gasteiger partial charge in [-0.2, -0.15) is 0 Å². The number of nitrogens with zero attached hydrogens (tertiary/aromatic N) is 1. The minimum Gasteiger partial charge on any atom is -0.478 e. The van der Waals surface area contributed by atoms with Crippen molar-refractivity contribution in [2.24, 2.45) is 0 Å². The lowest BCUT2D eigenvalue weighted by Crippen LogP contribution is -2.43. The van der Waals surface area contributed by atoms with Crippen LogP contribution in [0.4, 0.5) is 0 Å². The van der Waals surface area contributed by atoms with Crippen LogP contribution in [0, 0.1) is 0 Å². The van der Waals surface area contributed by atoms with Crippen molar-refractivity contribution in [3.63, 3.8) is 0 Å². The van der Waals surface area contributed by atoms with Gasteiger partial charge >= 0.3 is 5.97 Å². The fraction of sp³-hybridized carbons (Fsp3) is 0.462. The number of carboxylic acids is 1. The van der Waals surface area contributed by atoms with Crippen molar-refractivity contribution in [3.8, 4) is 0 Å². The minimum atomic E-state index is -0.860. The predicted octanol–water partition coefficient (Wildman–Crippen LogP) is 1.61. The van der Waals surface area contributed by atoms with Gasteiger partial charge in [0, 0.05) is 19.1 Å². The maximum atomic E-state index is 11.1. The Labute approximate surface area is 101 Å². The molecule has 0 amide bonds. The Kier molecular flexibility index (Phi) is 3.76. The minimum absolute atomic E-state index is 0.339. The first-order chi connectivity index (χ1) is 8.18. The highest BCUT2D eigenvalue weighted by atomic mass is 16.5. The van der Waals surface area contributed by atoms with Crippen molar-refractivity contribution in [3.05, 3.63) is 35.4 Å². The molecule has 0 spiro atoms. The molecule has 1 unspecified atom stereocenters. The van der Waals surface area contributed by atoms with Crippen molar-refractivity contribution in [1.82, 2.24) is 4.90 Å². The van der Waals surface area contributed by atoms with Gasteiger partial charge in [-0.1, -0.05) is 18.2 Å². The number of morpholine rings is 1. The summed E-state index contributed by atoms with van der Waals surface area (Å²) >= 11 is 0. The lowest BCUT2D eigenvalue weighted by atomic mass is 10.1. The van der Waals surface area contributed by atoms with Crippen LogP contribution >= 0.6 is 0 Å². The summed E-state index contributed by atoms with van der Waals surface area (Å²) in [4.78, 5) is 13.4. The molecule has 1 saturated heterocycles. The number of hydrogen-bond acceptors (Lipinski definition) is 3. The Morgan fingerprint density at radius 1 is 1.53 bits per heavy atom. The van der Waals surface area contributed by atoms with E-state index >= 15 is 0 Å². The highest BCUT2D eigenvalue weighted by molar-refractivity contribution is 5.89. The van der Waals surface area contributed by atoms with Gasteiger partial charge in [-0.05, 0) is 18.6 Å². The Morgan fingerprint density at radius 3 is 3.00 bits per heavy atom. The maximum absolute atomic E-state index is 11.1. The molecule has 92 valence electrons. The summed E-state index contributed by atoms with van der Waals surface area (Å²) in [7, 11) is 0. The average Bonchev–Trinajstić information content (AvgIpc) is 2.32. The second-order valence-electron chi connectivity index (χ2n) is 4.36. The monoisotopic (exact) mass is 235 g/mol. The van der Waals surface area contributed by atoms with Crippen molar-refractivity contribution in [1.29, 1.82) is 0 Å². The largest absolute Gasteiger partial charge is 0.478 e. The smallest absolute Gasteiger partial charge is 0.336 e. The molecule has 17 heavy (non-hydrogen) atoms. The molecule has 1 fully saturated rings. The molecule has 1 heterocycles. The van der Waals surface area contributed by atoms with E-state index in [1.807, 2.05) is 12.1 Å². The molecule has 1 aromatic carbocycles. The summed E-state index contributed by atoms with van der Waals surface area (Å²) in [6.07, 6.45) is 0. The molecule has 4 nitrogen and oxygen atoms in total. The van der Waals surface area contributed by atoms with Crippen LogP contribution in [-0.2, 0) is 11.3 Å². The van der Waals surface area contributed by atoms with E-state index in [1.165, 1.54) is 0 Å². The van der Waals surface area contributed by atoms with Gasteiger partial charge in [-0.3, -0.25) is 4.90 Å². The van der Waals surface area contributed by atoms with Crippen LogP contribution in [0.15, 0.2) is 24.3 Å². The molecular weight excluding hydrogens is 218 g/mol. The Morgan fingerprint density at radius 2 is 2.29 bits per heavy atom. The predicted molar refractivity (Wildman–Crippen MR) is 64.1 cm³/mol. The van der Waals surface area contributed by atoms with Gasteiger partial charge in [-0.15, -0.1) is 0 Å². The molecule has 1 N–H and O–H groups in total. The number of hydrogen-bond donors (Lipinski definition) is 1. The summed E-state index contributed by atoms with van der Waals surface area (Å²) in [6, 6.07) is 7.52. The van der Waals surface area contributed by atoms with E-state index in [0.717, 1.165) is 25.3 Å². The molecule has 2 rings (SSSR count). The SMILES string of the molecule is CC1COCCN1Cc1ccccc1C(=O)O. The zero-order chi connectivity index (χ0) is 12.3. The van der Waals surface area contributed by atoms with Crippen LogP contribution in [-0.4, -0.2) is 41.8 Å². The van der Waals surface area contributed by atoms with Gasteiger partial charge in [-0.25, -0.2) is 4.79 Å². The fourth-order valence-electron chi connectivity index (χ4n) is 2.08. The Hall–Kier alpha value is -1.39. The molecule has 0 bridgehead atoms. The number of benzene rings is 1. The third kappa shape index (κ3) is 2.84. The van der Waals surface area contributed by atoms with Crippen LogP contribution in [0.25, 0.3) is 0 Å². The van der Waals surface area contributed by atoms with E-state index in [1.54, 1.807) is 12.1 Å². The van der Waals surface area contributed by atoms with Crippen LogP contribution in [0.5, 0.6) is 0 Å². The van der Waals surface area contributed by atoms with Gasteiger partial charge in [0.05, 0.1) is 18.8 Å². The van der Waals surface area contributed by atoms with Gasteiger partial charge in [0.1, 0.15) is 0 Å². The molecule has 0 aliphatic carbocycles. The molecular formula is C13H17NO3. The topological polar surface area (TPSA) is 49.8 Å². The van der Waals surface area contributed by atoms with Crippen molar-refractivity contribution >= 4 is 5.97 Å². The Bertz CT molecular complexity index is 405. The molecule has 0 aromatic heterocycles. The quantitative estimate of drug-likeness (QED) is 0.864. The van der Waals surface area contributed by atoms with Gasteiger partial charge in [0.15, 0.2) is 0 Å². The molecule has 1 aromatic rings. The average molecular weight is 235 g/mol. The molecule has 0 radical (unpaired) electrons. The lowest BCUT2D eigenvalue weighted by Gasteiger charge is -2.33. The van der Waals surface area contributed by atoms with Gasteiger partial charge in [0.2, 0.25) is 0 Å². The number of rotatable bonds is 3. The van der Waals surface area contributed by atoms with E-state index in [0.29, 0.717) is 18.2 Å². The zero-order valence-electron chi connectivity index (χ0n) is 9.93. The first kappa shape index (κ1) is 12.1. The van der Waals surface area contributed by atoms with Crippen molar-refractivity contribution < 1.29 is 14.6 Å². The highest BCUT2D eigenvalue weighted by Gasteiger charge is 2.20. The summed E-state index contributed by atoms with van der Waals surface area (Å²) < 4.78 is 5.37. The third-order valence-corrected chi connectivity index (χ3v) is 3.13. The molecule has 4 heteroatoms. The lowest BCUT2D eigenvalue weighted by molar-refractivity contribution is -0.00451. The van der Waals surface area contributed by atoms with Crippen LogP contribution < -0.4 is 0 Å². The van der Waals surface area contributed by atoms with Crippen molar-refractivity contribution in [2.45, 2.75) is 19.5 Å². The summed E-state index contributed by atoms with van der Waals surface area (Å²) in [5.41, 5.74) is 1.26. The van der Waals surface area contributed by atoms with Crippen LogP contribution in [0.3, 0.4) is 0 Å². The summed E-state index contributed by atoms with van der Waals surface area (Å²) in [5, 5.41) is 9.12. The second kappa shape index (κ2) is 5.29. The zero-order valence-corrected chi connectivity index (χ0v) is 9.93. The fourth-order valence-corrected chi connectivity index (χ4v) is 2.08. The normalized spacial score (nSPS) is 21.4. The highest BCUT2D eigenvalue weighted by Crippen LogP contribution is 2.15. The number of ether oxygens (including phenoxy) is 1. The van der Waals surface area contributed by atoms with Crippen LogP contribution in [0.1, 0.15) is 22.8 Å². The maximum Gasteiger partial charge on any atom is 0.336 e. The molecule has 1 aliphatic heterocycles. The van der Waals surface area contributed by atoms with Crippen LogP contribution in [0.2, 0.25) is 0 Å². The van der Waals surface area contributed by atoms with E-state index in [4.69, 9.17) is 9.84 Å². The van der Waals surface area contributed by atoms with Gasteiger partial charge in [0.25, 0.3) is 0 Å². The van der Waals surface area contributed by atoms with Crippen molar-refractivity contribution in [2.75, 3.05) is 19.8 Å². The summed E-state index contributed by atoms with van der Waals surface area (Å²) in [6.45, 7) is 5.07. The Balaban J connectivity index is 2.14. The standard InChI is InChI=1S/C13H17NO3/c1-10-9-17-7-6-14(10)8-11-4-2-3-5-12(11)13(15)16/h2-5,10H,6-9H2,1H3,(H,15,16). The van der Waals surface area contributed by atoms with E-state index in [9.17, 15) is 4.79 Å².